The van der Waals surface area contributed by atoms with Crippen LogP contribution in [0, 0.1) is 11.6 Å². The molecular weight excluding hydrogens is 485 g/mol. The fraction of sp³-hybridized carbons (Fsp3) is 0.280. The summed E-state index contributed by atoms with van der Waals surface area (Å²) in [4.78, 5) is 18.6. The van der Waals surface area contributed by atoms with Gasteiger partial charge in [0.25, 0.3) is 0 Å². The summed E-state index contributed by atoms with van der Waals surface area (Å²) in [6.07, 6.45) is -0.446. The van der Waals surface area contributed by atoms with Crippen molar-refractivity contribution in [2.45, 2.75) is 44.8 Å². The van der Waals surface area contributed by atoms with Crippen molar-refractivity contribution >= 4 is 5.82 Å². The maximum absolute atomic E-state index is 14.6. The number of hydrogen-bond acceptors (Lipinski definition) is 5. The number of halogens is 5. The monoisotopic (exact) mass is 505 g/mol. The summed E-state index contributed by atoms with van der Waals surface area (Å²) in [5.41, 5.74) is -1.64. The normalized spacial score (nSPS) is 20.4. The molecule has 2 unspecified atom stereocenters. The van der Waals surface area contributed by atoms with Gasteiger partial charge in [0, 0.05) is 12.1 Å². The largest absolute Gasteiger partial charge is 0.473 e. The Bertz CT molecular complexity index is 1390. The highest BCUT2D eigenvalue weighted by molar-refractivity contribution is 5.56. The molecule has 5 rings (SSSR count). The standard InChI is InChI=1S/C25H20F5N3O3/c1-14-7-8-24(2)13-32-21(33(14)24)11-20(31-23(32)34)35-12-15-9-18(26)22(19(27)10-15)36-17-5-3-16(4-6-17)25(28,29)30/h3-11,14H,12-13H2,1-2H3. The van der Waals surface area contributed by atoms with Gasteiger partial charge in [0.2, 0.25) is 5.88 Å². The lowest BCUT2D eigenvalue weighted by Gasteiger charge is -2.31. The van der Waals surface area contributed by atoms with Gasteiger partial charge in [0.15, 0.2) is 17.4 Å². The number of benzene rings is 2. The Kier molecular flexibility index (Phi) is 5.53. The number of hydrogen-bond donors (Lipinski definition) is 0. The Morgan fingerprint density at radius 3 is 2.42 bits per heavy atom. The van der Waals surface area contributed by atoms with Crippen molar-refractivity contribution in [3.63, 3.8) is 0 Å². The minimum Gasteiger partial charge on any atom is -0.473 e. The summed E-state index contributed by atoms with van der Waals surface area (Å²) in [5.74, 6) is -2.40. The van der Waals surface area contributed by atoms with Crippen LogP contribution in [-0.4, -0.2) is 21.1 Å². The molecule has 0 aliphatic carbocycles. The molecule has 2 aliphatic heterocycles. The highest BCUT2D eigenvalue weighted by Gasteiger charge is 2.44. The van der Waals surface area contributed by atoms with Gasteiger partial charge in [-0.15, -0.1) is 0 Å². The molecular formula is C25H20F5N3O3. The fourth-order valence-corrected chi connectivity index (χ4v) is 4.57. The molecule has 0 bridgehead atoms. The number of anilines is 1. The summed E-state index contributed by atoms with van der Waals surface area (Å²) >= 11 is 0. The van der Waals surface area contributed by atoms with Crippen LogP contribution in [0.25, 0.3) is 0 Å². The van der Waals surface area contributed by atoms with Crippen molar-refractivity contribution in [1.82, 2.24) is 9.55 Å². The minimum atomic E-state index is -4.54. The fourth-order valence-electron chi connectivity index (χ4n) is 4.57. The van der Waals surface area contributed by atoms with Crippen LogP contribution >= 0.6 is 0 Å². The van der Waals surface area contributed by atoms with E-state index in [4.69, 9.17) is 9.47 Å². The Hall–Kier alpha value is -3.89. The van der Waals surface area contributed by atoms with E-state index in [1.807, 2.05) is 19.9 Å². The van der Waals surface area contributed by atoms with E-state index in [1.165, 1.54) is 0 Å². The van der Waals surface area contributed by atoms with Gasteiger partial charge in [-0.05, 0) is 55.8 Å². The van der Waals surface area contributed by atoms with Gasteiger partial charge < -0.3 is 14.4 Å². The van der Waals surface area contributed by atoms with Crippen molar-refractivity contribution in [1.29, 1.82) is 0 Å². The van der Waals surface area contributed by atoms with Gasteiger partial charge in [-0.25, -0.2) is 13.6 Å². The number of alkyl halides is 3. The molecule has 11 heteroatoms. The molecule has 0 saturated heterocycles. The first-order valence-corrected chi connectivity index (χ1v) is 11.0. The van der Waals surface area contributed by atoms with Gasteiger partial charge in [-0.2, -0.15) is 18.2 Å². The van der Waals surface area contributed by atoms with Gasteiger partial charge in [-0.1, -0.05) is 12.2 Å². The zero-order valence-electron chi connectivity index (χ0n) is 19.1. The minimum absolute atomic E-state index is 0.0143. The predicted octanol–water partition coefficient (Wildman–Crippen LogP) is 5.45. The third kappa shape index (κ3) is 4.18. The van der Waals surface area contributed by atoms with Crippen LogP contribution in [0.4, 0.5) is 27.8 Å². The van der Waals surface area contributed by atoms with Crippen molar-refractivity contribution in [2.75, 3.05) is 4.90 Å². The van der Waals surface area contributed by atoms with E-state index in [9.17, 15) is 26.7 Å². The zero-order valence-corrected chi connectivity index (χ0v) is 19.1. The average Bonchev–Trinajstić information content (AvgIpc) is 3.27. The molecule has 188 valence electrons. The Morgan fingerprint density at radius 2 is 1.78 bits per heavy atom. The smallest absolute Gasteiger partial charge is 0.416 e. The lowest BCUT2D eigenvalue weighted by Crippen LogP contribution is -2.42. The second-order valence-electron chi connectivity index (χ2n) is 8.95. The Morgan fingerprint density at radius 1 is 1.11 bits per heavy atom. The summed E-state index contributed by atoms with van der Waals surface area (Å²) in [7, 11) is 0. The van der Waals surface area contributed by atoms with E-state index in [0.717, 1.165) is 36.4 Å². The highest BCUT2D eigenvalue weighted by atomic mass is 19.4. The third-order valence-electron chi connectivity index (χ3n) is 6.23. The van der Waals surface area contributed by atoms with Crippen LogP contribution in [0.3, 0.4) is 0 Å². The Balaban J connectivity index is 1.31. The molecule has 1 aromatic heterocycles. The first kappa shape index (κ1) is 23.8. The van der Waals surface area contributed by atoms with E-state index in [-0.39, 0.29) is 35.4 Å². The van der Waals surface area contributed by atoms with Crippen LogP contribution in [0.1, 0.15) is 25.0 Å². The lowest BCUT2D eigenvalue weighted by molar-refractivity contribution is -0.137. The quantitative estimate of drug-likeness (QED) is 0.341. The number of ether oxygens (including phenoxy) is 2. The molecule has 0 radical (unpaired) electrons. The number of nitrogens with zero attached hydrogens (tertiary/aromatic N) is 3. The van der Waals surface area contributed by atoms with Crippen LogP contribution < -0.4 is 20.1 Å². The SMILES string of the molecule is CC1C=CC2(C)Cn3c(cc(OCc4cc(F)c(Oc5ccc(C(F)(F)F)cc5)c(F)c4)nc3=O)N12. The molecule has 0 spiro atoms. The molecule has 0 amide bonds. The average molecular weight is 505 g/mol. The number of rotatable bonds is 5. The van der Waals surface area contributed by atoms with E-state index in [0.29, 0.717) is 12.4 Å². The summed E-state index contributed by atoms with van der Waals surface area (Å²) < 4.78 is 79.5. The Labute approximate surface area is 202 Å². The first-order valence-electron chi connectivity index (χ1n) is 11.0. The molecule has 6 nitrogen and oxygen atoms in total. The van der Waals surface area contributed by atoms with E-state index in [2.05, 4.69) is 16.0 Å². The van der Waals surface area contributed by atoms with E-state index >= 15 is 0 Å². The molecule has 2 aromatic carbocycles. The van der Waals surface area contributed by atoms with Gasteiger partial charge in [-0.3, -0.25) is 4.57 Å². The maximum Gasteiger partial charge on any atom is 0.416 e. The molecule has 0 N–H and O–H groups in total. The van der Waals surface area contributed by atoms with Crippen molar-refractivity contribution in [3.05, 3.63) is 87.9 Å². The molecule has 3 heterocycles. The second-order valence-corrected chi connectivity index (χ2v) is 8.95. The van der Waals surface area contributed by atoms with Gasteiger partial charge in [0.1, 0.15) is 18.2 Å². The van der Waals surface area contributed by atoms with Crippen LogP contribution in [0.15, 0.2) is 59.4 Å². The summed E-state index contributed by atoms with van der Waals surface area (Å²) in [6.45, 7) is 4.18. The summed E-state index contributed by atoms with van der Waals surface area (Å²) in [6, 6.07) is 7.08. The molecule has 3 aromatic rings. The van der Waals surface area contributed by atoms with Gasteiger partial charge in [0.05, 0.1) is 17.6 Å². The molecule has 36 heavy (non-hydrogen) atoms. The van der Waals surface area contributed by atoms with E-state index < -0.39 is 34.8 Å². The topological polar surface area (TPSA) is 56.6 Å². The van der Waals surface area contributed by atoms with Crippen molar-refractivity contribution < 1.29 is 31.4 Å². The van der Waals surface area contributed by atoms with Crippen molar-refractivity contribution in [3.8, 4) is 17.4 Å². The highest BCUT2D eigenvalue weighted by Crippen LogP contribution is 2.40. The number of fused-ring (bicyclic) bond motifs is 3. The van der Waals surface area contributed by atoms with Crippen LogP contribution in [-0.2, 0) is 19.3 Å². The second kappa shape index (κ2) is 8.35. The molecule has 0 fully saturated rings. The lowest BCUT2D eigenvalue weighted by atomic mass is 10.0. The summed E-state index contributed by atoms with van der Waals surface area (Å²) in [5, 5.41) is 0. The van der Waals surface area contributed by atoms with E-state index in [1.54, 1.807) is 10.6 Å². The van der Waals surface area contributed by atoms with Crippen LogP contribution in [0.5, 0.6) is 17.4 Å². The van der Waals surface area contributed by atoms with Crippen molar-refractivity contribution in [2.24, 2.45) is 0 Å². The molecule has 2 aliphatic rings. The first-order chi connectivity index (χ1) is 16.9. The number of aromatic nitrogens is 2. The third-order valence-corrected chi connectivity index (χ3v) is 6.23. The molecule has 0 saturated carbocycles. The maximum atomic E-state index is 14.6. The molecule has 2 atom stereocenters. The zero-order chi connectivity index (χ0) is 25.8. The van der Waals surface area contributed by atoms with Gasteiger partial charge >= 0.3 is 11.9 Å². The predicted molar refractivity (Wildman–Crippen MR) is 120 cm³/mol. The van der Waals surface area contributed by atoms with Crippen LogP contribution in [0.2, 0.25) is 0 Å².